The van der Waals surface area contributed by atoms with Crippen molar-refractivity contribution in [3.8, 4) is 0 Å². The minimum Gasteiger partial charge on any atom is -0.372 e. The fourth-order valence-electron chi connectivity index (χ4n) is 1.59. The third-order valence-corrected chi connectivity index (χ3v) is 5.19. The molecule has 0 fully saturated rings. The summed E-state index contributed by atoms with van der Waals surface area (Å²) in [5.41, 5.74) is 0. The van der Waals surface area contributed by atoms with E-state index in [0.29, 0.717) is 10.3 Å². The molecule has 1 heterocycles. The molecule has 0 spiro atoms. The normalized spacial score (nSPS) is 15.0. The SMILES string of the molecule is CCC(C)C(C)NS(=O)(=O)c1cc(Br)cnc1NC. The van der Waals surface area contributed by atoms with Crippen molar-refractivity contribution in [1.29, 1.82) is 0 Å². The average Bonchev–Trinajstić information content (AvgIpc) is 2.37. The second-order valence-corrected chi connectivity index (χ2v) is 7.14. The van der Waals surface area contributed by atoms with Gasteiger partial charge in [-0.2, -0.15) is 0 Å². The van der Waals surface area contributed by atoms with E-state index in [0.717, 1.165) is 6.42 Å². The van der Waals surface area contributed by atoms with Gasteiger partial charge in [0.1, 0.15) is 10.7 Å². The van der Waals surface area contributed by atoms with E-state index in [1.807, 2.05) is 20.8 Å². The van der Waals surface area contributed by atoms with E-state index in [-0.39, 0.29) is 16.9 Å². The van der Waals surface area contributed by atoms with Gasteiger partial charge >= 0.3 is 0 Å². The lowest BCUT2D eigenvalue weighted by Crippen LogP contribution is -2.37. The van der Waals surface area contributed by atoms with Gasteiger partial charge in [-0.05, 0) is 34.8 Å². The molecule has 0 aromatic carbocycles. The lowest BCUT2D eigenvalue weighted by atomic mass is 10.0. The highest BCUT2D eigenvalue weighted by atomic mass is 79.9. The molecule has 0 bridgehead atoms. The van der Waals surface area contributed by atoms with E-state index in [4.69, 9.17) is 0 Å². The molecule has 1 rings (SSSR count). The van der Waals surface area contributed by atoms with Crippen LogP contribution in [0.15, 0.2) is 21.6 Å². The maximum absolute atomic E-state index is 12.4. The summed E-state index contributed by atoms with van der Waals surface area (Å²) in [4.78, 5) is 4.21. The Bertz CT molecular complexity index is 534. The number of aromatic nitrogens is 1. The van der Waals surface area contributed by atoms with Crippen molar-refractivity contribution in [2.45, 2.75) is 38.1 Å². The zero-order valence-electron chi connectivity index (χ0n) is 11.6. The topological polar surface area (TPSA) is 71.1 Å². The first-order valence-corrected chi connectivity index (χ1v) is 8.45. The Balaban J connectivity index is 3.10. The molecule has 19 heavy (non-hydrogen) atoms. The molecule has 0 aliphatic carbocycles. The van der Waals surface area contributed by atoms with Gasteiger partial charge in [-0.25, -0.2) is 18.1 Å². The third kappa shape index (κ3) is 4.15. The zero-order valence-corrected chi connectivity index (χ0v) is 14.0. The highest BCUT2D eigenvalue weighted by Crippen LogP contribution is 2.23. The molecule has 0 radical (unpaired) electrons. The molecule has 0 aliphatic heterocycles. The summed E-state index contributed by atoms with van der Waals surface area (Å²) in [7, 11) is -1.94. The molecule has 1 aromatic heterocycles. The van der Waals surface area contributed by atoms with Gasteiger partial charge in [-0.3, -0.25) is 0 Å². The standard InChI is InChI=1S/C12H20BrN3O2S/c1-5-8(2)9(3)16-19(17,18)11-6-10(13)7-15-12(11)14-4/h6-9,16H,5H2,1-4H3,(H,14,15). The quantitative estimate of drug-likeness (QED) is 0.827. The van der Waals surface area contributed by atoms with E-state index in [9.17, 15) is 8.42 Å². The van der Waals surface area contributed by atoms with Crippen molar-refractivity contribution >= 4 is 31.8 Å². The molecule has 0 amide bonds. The summed E-state index contributed by atoms with van der Waals surface area (Å²) in [6.45, 7) is 5.93. The Labute approximate surface area is 123 Å². The third-order valence-electron chi connectivity index (χ3n) is 3.18. The van der Waals surface area contributed by atoms with Crippen molar-refractivity contribution in [3.63, 3.8) is 0 Å². The number of hydrogen-bond donors (Lipinski definition) is 2. The number of hydrogen-bond acceptors (Lipinski definition) is 4. The number of nitrogens with one attached hydrogen (secondary N) is 2. The first-order valence-electron chi connectivity index (χ1n) is 6.17. The second kappa shape index (κ2) is 6.67. The van der Waals surface area contributed by atoms with E-state index in [1.165, 1.54) is 0 Å². The monoisotopic (exact) mass is 349 g/mol. The maximum Gasteiger partial charge on any atom is 0.244 e. The second-order valence-electron chi connectivity index (χ2n) is 4.55. The van der Waals surface area contributed by atoms with Crippen molar-refractivity contribution in [1.82, 2.24) is 9.71 Å². The lowest BCUT2D eigenvalue weighted by Gasteiger charge is -2.20. The van der Waals surface area contributed by atoms with Crippen LogP contribution in [-0.2, 0) is 10.0 Å². The number of sulfonamides is 1. The van der Waals surface area contributed by atoms with Gasteiger partial charge in [0.25, 0.3) is 0 Å². The van der Waals surface area contributed by atoms with Crippen LogP contribution in [0.25, 0.3) is 0 Å². The van der Waals surface area contributed by atoms with Crippen molar-refractivity contribution in [2.24, 2.45) is 5.92 Å². The molecule has 108 valence electrons. The van der Waals surface area contributed by atoms with Crippen molar-refractivity contribution in [2.75, 3.05) is 12.4 Å². The minimum atomic E-state index is -3.58. The molecule has 0 saturated carbocycles. The summed E-state index contributed by atoms with van der Waals surface area (Å²) >= 11 is 3.24. The summed E-state index contributed by atoms with van der Waals surface area (Å²) in [5, 5.41) is 2.79. The summed E-state index contributed by atoms with van der Waals surface area (Å²) in [6.07, 6.45) is 2.47. The van der Waals surface area contributed by atoms with Crippen LogP contribution in [0.5, 0.6) is 0 Å². The van der Waals surface area contributed by atoms with Crippen molar-refractivity contribution < 1.29 is 8.42 Å². The minimum absolute atomic E-state index is 0.126. The van der Waals surface area contributed by atoms with Crippen LogP contribution in [0.1, 0.15) is 27.2 Å². The summed E-state index contributed by atoms with van der Waals surface area (Å²) < 4.78 is 28.1. The molecule has 2 unspecified atom stereocenters. The number of pyridine rings is 1. The number of halogens is 1. The number of nitrogens with zero attached hydrogens (tertiary/aromatic N) is 1. The highest BCUT2D eigenvalue weighted by molar-refractivity contribution is 9.10. The van der Waals surface area contributed by atoms with Crippen LogP contribution in [0, 0.1) is 5.92 Å². The van der Waals surface area contributed by atoms with Crippen LogP contribution in [-0.4, -0.2) is 26.5 Å². The predicted molar refractivity (Wildman–Crippen MR) is 80.7 cm³/mol. The van der Waals surface area contributed by atoms with Crippen LogP contribution in [0.3, 0.4) is 0 Å². The Morgan fingerprint density at radius 2 is 2.05 bits per heavy atom. The van der Waals surface area contributed by atoms with Crippen LogP contribution in [0.4, 0.5) is 5.82 Å². The fourth-order valence-corrected chi connectivity index (χ4v) is 3.61. The Morgan fingerprint density at radius 1 is 1.42 bits per heavy atom. The zero-order chi connectivity index (χ0) is 14.6. The van der Waals surface area contributed by atoms with E-state index >= 15 is 0 Å². The first-order chi connectivity index (χ1) is 8.81. The van der Waals surface area contributed by atoms with Crippen LogP contribution >= 0.6 is 15.9 Å². The Kier molecular flexibility index (Phi) is 5.76. The summed E-state index contributed by atoms with van der Waals surface area (Å²) in [6, 6.07) is 1.42. The van der Waals surface area contributed by atoms with Gasteiger partial charge in [0.15, 0.2) is 0 Å². The smallest absolute Gasteiger partial charge is 0.244 e. The molecule has 0 saturated heterocycles. The molecule has 1 aromatic rings. The molecular formula is C12H20BrN3O2S. The van der Waals surface area contributed by atoms with Crippen LogP contribution < -0.4 is 10.0 Å². The van der Waals surface area contributed by atoms with E-state index in [2.05, 4.69) is 31.0 Å². The van der Waals surface area contributed by atoms with Gasteiger partial charge in [-0.1, -0.05) is 20.3 Å². The Hall–Kier alpha value is -0.660. The number of anilines is 1. The lowest BCUT2D eigenvalue weighted by molar-refractivity contribution is 0.434. The van der Waals surface area contributed by atoms with Gasteiger partial charge in [0.2, 0.25) is 10.0 Å². The van der Waals surface area contributed by atoms with Gasteiger partial charge in [0.05, 0.1) is 0 Å². The van der Waals surface area contributed by atoms with Gasteiger partial charge in [-0.15, -0.1) is 0 Å². The predicted octanol–water partition coefficient (Wildman–Crippen LogP) is 2.60. The van der Waals surface area contributed by atoms with Crippen LogP contribution in [0.2, 0.25) is 0 Å². The first kappa shape index (κ1) is 16.4. The fraction of sp³-hybridized carbons (Fsp3) is 0.583. The van der Waals surface area contributed by atoms with Crippen molar-refractivity contribution in [3.05, 3.63) is 16.7 Å². The number of rotatable bonds is 6. The molecule has 0 aliphatic rings. The largest absolute Gasteiger partial charge is 0.372 e. The van der Waals surface area contributed by atoms with Gasteiger partial charge in [0, 0.05) is 23.8 Å². The molecular weight excluding hydrogens is 330 g/mol. The van der Waals surface area contributed by atoms with Gasteiger partial charge < -0.3 is 5.32 Å². The summed E-state index contributed by atoms with van der Waals surface area (Å²) in [5.74, 6) is 0.611. The molecule has 2 N–H and O–H groups in total. The van der Waals surface area contributed by atoms with E-state index < -0.39 is 10.0 Å². The average molecular weight is 350 g/mol. The Morgan fingerprint density at radius 3 is 2.58 bits per heavy atom. The molecule has 7 heteroatoms. The molecule has 5 nitrogen and oxygen atoms in total. The molecule has 2 atom stereocenters. The highest BCUT2D eigenvalue weighted by Gasteiger charge is 2.23. The maximum atomic E-state index is 12.4. The van der Waals surface area contributed by atoms with E-state index in [1.54, 1.807) is 19.3 Å².